The van der Waals surface area contributed by atoms with Gasteiger partial charge in [0.25, 0.3) is 0 Å². The Morgan fingerprint density at radius 2 is 1.55 bits per heavy atom. The molecule has 6 heteroatoms. The molecular weight excluding hydrogens is 264 g/mol. The normalized spacial score (nSPS) is 14.8. The SMILES string of the molecule is CC(=O)OCC(C)CCC(C)(COC(C)=O)OC(C)=O. The molecule has 0 rings (SSSR count). The molecule has 0 amide bonds. The number of carbonyl (C=O) groups is 3. The molecule has 0 N–H and O–H groups in total. The van der Waals surface area contributed by atoms with Crippen molar-refractivity contribution >= 4 is 17.9 Å². The zero-order valence-corrected chi connectivity index (χ0v) is 12.9. The molecule has 0 aromatic carbocycles. The Morgan fingerprint density at radius 3 is 2.00 bits per heavy atom. The summed E-state index contributed by atoms with van der Waals surface area (Å²) in [4.78, 5) is 32.7. The summed E-state index contributed by atoms with van der Waals surface area (Å²) < 4.78 is 15.1. The molecule has 2 atom stereocenters. The van der Waals surface area contributed by atoms with E-state index in [1.807, 2.05) is 6.92 Å². The first kappa shape index (κ1) is 18.4. The van der Waals surface area contributed by atoms with E-state index in [1.165, 1.54) is 20.8 Å². The predicted octanol–water partition coefficient (Wildman–Crippen LogP) is 1.85. The van der Waals surface area contributed by atoms with Gasteiger partial charge in [-0.15, -0.1) is 0 Å². The highest BCUT2D eigenvalue weighted by atomic mass is 16.6. The van der Waals surface area contributed by atoms with E-state index in [4.69, 9.17) is 14.2 Å². The highest BCUT2D eigenvalue weighted by Gasteiger charge is 2.29. The van der Waals surface area contributed by atoms with Crippen LogP contribution in [0.1, 0.15) is 47.5 Å². The Balaban J connectivity index is 4.37. The van der Waals surface area contributed by atoms with Crippen LogP contribution in [0.3, 0.4) is 0 Å². The van der Waals surface area contributed by atoms with Gasteiger partial charge in [-0.05, 0) is 25.7 Å². The molecule has 0 aromatic heterocycles. The molecule has 0 aliphatic heterocycles. The van der Waals surface area contributed by atoms with Gasteiger partial charge < -0.3 is 14.2 Å². The summed E-state index contributed by atoms with van der Waals surface area (Å²) >= 11 is 0. The minimum absolute atomic E-state index is 0.0161. The molecule has 20 heavy (non-hydrogen) atoms. The van der Waals surface area contributed by atoms with Crippen LogP contribution in [0.15, 0.2) is 0 Å². The topological polar surface area (TPSA) is 78.9 Å². The number of esters is 3. The zero-order valence-electron chi connectivity index (χ0n) is 12.9. The van der Waals surface area contributed by atoms with E-state index in [0.717, 1.165) is 0 Å². The molecule has 2 unspecified atom stereocenters. The van der Waals surface area contributed by atoms with E-state index >= 15 is 0 Å². The molecule has 116 valence electrons. The summed E-state index contributed by atoms with van der Waals surface area (Å²) in [5.41, 5.74) is -0.859. The molecule has 0 saturated carbocycles. The first-order valence-electron chi connectivity index (χ1n) is 6.61. The van der Waals surface area contributed by atoms with Gasteiger partial charge in [0.05, 0.1) is 6.61 Å². The Bertz CT molecular complexity index is 352. The standard InChI is InChI=1S/C14H24O6/c1-10(8-18-11(2)15)6-7-14(5,20-13(4)17)9-19-12(3)16/h10H,6-9H2,1-5H3. The van der Waals surface area contributed by atoms with Crippen LogP contribution in [0, 0.1) is 5.92 Å². The summed E-state index contributed by atoms with van der Waals surface area (Å²) in [6, 6.07) is 0. The number of rotatable bonds is 8. The van der Waals surface area contributed by atoms with Crippen molar-refractivity contribution in [1.29, 1.82) is 0 Å². The fourth-order valence-electron chi connectivity index (χ4n) is 1.65. The minimum atomic E-state index is -0.859. The lowest BCUT2D eigenvalue weighted by atomic mass is 9.95. The van der Waals surface area contributed by atoms with Crippen LogP contribution in [0.25, 0.3) is 0 Å². The molecule has 0 fully saturated rings. The lowest BCUT2D eigenvalue weighted by Crippen LogP contribution is -2.37. The lowest BCUT2D eigenvalue weighted by molar-refractivity contribution is -0.169. The first-order valence-corrected chi connectivity index (χ1v) is 6.61. The number of hydrogen-bond donors (Lipinski definition) is 0. The van der Waals surface area contributed by atoms with E-state index in [1.54, 1.807) is 6.92 Å². The van der Waals surface area contributed by atoms with Crippen LogP contribution >= 0.6 is 0 Å². The number of ether oxygens (including phenoxy) is 3. The van der Waals surface area contributed by atoms with Crippen molar-refractivity contribution in [3.63, 3.8) is 0 Å². The molecule has 0 aromatic rings. The van der Waals surface area contributed by atoms with Crippen molar-refractivity contribution in [2.24, 2.45) is 5.92 Å². The second kappa shape index (κ2) is 8.55. The third-order valence-corrected chi connectivity index (χ3v) is 2.71. The van der Waals surface area contributed by atoms with Crippen LogP contribution in [-0.2, 0) is 28.6 Å². The van der Waals surface area contributed by atoms with Crippen LogP contribution in [0.5, 0.6) is 0 Å². The predicted molar refractivity (Wildman–Crippen MR) is 71.8 cm³/mol. The average molecular weight is 288 g/mol. The van der Waals surface area contributed by atoms with Crippen LogP contribution < -0.4 is 0 Å². The average Bonchev–Trinajstić information content (AvgIpc) is 2.31. The van der Waals surface area contributed by atoms with Crippen molar-refractivity contribution in [2.75, 3.05) is 13.2 Å². The van der Waals surface area contributed by atoms with Crippen LogP contribution in [-0.4, -0.2) is 36.7 Å². The summed E-state index contributed by atoms with van der Waals surface area (Å²) in [5, 5.41) is 0. The maximum atomic E-state index is 11.1. The fraction of sp³-hybridized carbons (Fsp3) is 0.786. The molecule has 6 nitrogen and oxygen atoms in total. The van der Waals surface area contributed by atoms with Gasteiger partial charge in [-0.2, -0.15) is 0 Å². The second-order valence-corrected chi connectivity index (χ2v) is 5.27. The molecule has 0 aliphatic carbocycles. The number of carbonyl (C=O) groups excluding carboxylic acids is 3. The lowest BCUT2D eigenvalue weighted by Gasteiger charge is -2.29. The van der Waals surface area contributed by atoms with E-state index < -0.39 is 17.5 Å². The maximum absolute atomic E-state index is 11.1. The summed E-state index contributed by atoms with van der Waals surface area (Å²) in [6.07, 6.45) is 1.20. The van der Waals surface area contributed by atoms with Crippen LogP contribution in [0.4, 0.5) is 0 Å². The van der Waals surface area contributed by atoms with Crippen LogP contribution in [0.2, 0.25) is 0 Å². The van der Waals surface area contributed by atoms with Gasteiger partial charge >= 0.3 is 17.9 Å². The van der Waals surface area contributed by atoms with Crippen molar-refractivity contribution in [3.05, 3.63) is 0 Å². The highest BCUT2D eigenvalue weighted by Crippen LogP contribution is 2.22. The second-order valence-electron chi connectivity index (χ2n) is 5.27. The van der Waals surface area contributed by atoms with E-state index in [9.17, 15) is 14.4 Å². The highest BCUT2D eigenvalue weighted by molar-refractivity contribution is 5.67. The Kier molecular flexibility index (Phi) is 7.87. The van der Waals surface area contributed by atoms with Gasteiger partial charge in [0, 0.05) is 20.8 Å². The van der Waals surface area contributed by atoms with Crippen molar-refractivity contribution in [3.8, 4) is 0 Å². The molecular formula is C14H24O6. The summed E-state index contributed by atoms with van der Waals surface area (Å²) in [7, 11) is 0. The Hall–Kier alpha value is -1.59. The van der Waals surface area contributed by atoms with E-state index in [0.29, 0.717) is 19.4 Å². The van der Waals surface area contributed by atoms with Gasteiger partial charge in [0.2, 0.25) is 0 Å². The largest absolute Gasteiger partial charge is 0.466 e. The summed E-state index contributed by atoms with van der Waals surface area (Å²) in [6.45, 7) is 7.96. The zero-order chi connectivity index (χ0) is 15.8. The van der Waals surface area contributed by atoms with Crippen molar-refractivity contribution < 1.29 is 28.6 Å². The van der Waals surface area contributed by atoms with Gasteiger partial charge in [-0.25, -0.2) is 0 Å². The van der Waals surface area contributed by atoms with E-state index in [-0.39, 0.29) is 18.5 Å². The quantitative estimate of drug-likeness (QED) is 0.501. The molecule has 0 heterocycles. The first-order chi connectivity index (χ1) is 9.14. The molecule has 0 spiro atoms. The third kappa shape index (κ3) is 9.35. The Labute approximate surface area is 119 Å². The Morgan fingerprint density at radius 1 is 1.00 bits per heavy atom. The van der Waals surface area contributed by atoms with Gasteiger partial charge in [-0.1, -0.05) is 6.92 Å². The van der Waals surface area contributed by atoms with E-state index in [2.05, 4.69) is 0 Å². The van der Waals surface area contributed by atoms with Crippen molar-refractivity contribution in [2.45, 2.75) is 53.1 Å². The molecule has 0 radical (unpaired) electrons. The number of hydrogen-bond acceptors (Lipinski definition) is 6. The maximum Gasteiger partial charge on any atom is 0.303 e. The summed E-state index contributed by atoms with van der Waals surface area (Å²) in [5.74, 6) is -1.03. The van der Waals surface area contributed by atoms with Gasteiger partial charge in [-0.3, -0.25) is 14.4 Å². The minimum Gasteiger partial charge on any atom is -0.466 e. The third-order valence-electron chi connectivity index (χ3n) is 2.71. The van der Waals surface area contributed by atoms with Crippen molar-refractivity contribution in [1.82, 2.24) is 0 Å². The van der Waals surface area contributed by atoms with Gasteiger partial charge in [0.15, 0.2) is 0 Å². The molecule has 0 saturated heterocycles. The molecule has 0 bridgehead atoms. The fourth-order valence-corrected chi connectivity index (χ4v) is 1.65. The molecule has 0 aliphatic rings. The smallest absolute Gasteiger partial charge is 0.303 e. The van der Waals surface area contributed by atoms with Gasteiger partial charge in [0.1, 0.15) is 12.2 Å². The monoisotopic (exact) mass is 288 g/mol.